The molecule has 1 aromatic heterocycles. The minimum Gasteiger partial charge on any atom is -0.748 e. The fraction of sp³-hybridized carbons (Fsp3) is 0.312. The number of rotatable bonds is 8. The van der Waals surface area contributed by atoms with Crippen LogP contribution in [-0.2, 0) is 23.1 Å². The van der Waals surface area contributed by atoms with Crippen LogP contribution in [0, 0.1) is 0 Å². The molecule has 0 radical (unpaired) electrons. The van der Waals surface area contributed by atoms with Crippen LogP contribution in [0.25, 0.3) is 0 Å². The third-order valence-corrected chi connectivity index (χ3v) is 4.33. The molecule has 0 aliphatic carbocycles. The van der Waals surface area contributed by atoms with Crippen LogP contribution >= 0.6 is 11.6 Å². The summed E-state index contributed by atoms with van der Waals surface area (Å²) in [7, 11) is -4.28. The molecule has 1 unspecified atom stereocenters. The average Bonchev–Trinajstić information content (AvgIpc) is 2.52. The third kappa shape index (κ3) is 6.09. The molecule has 2 rings (SSSR count). The standard InChI is InChI=1S/C16H18ClNO5S/c17-15-6-1-2-7-16(15)23-12-14(19)11-18-9-4-3-5-13(18)8-10-24(20,21)22/h1-7,9,14,19H,8,10-12H2. The smallest absolute Gasteiger partial charge is 0.182 e. The second-order valence-corrected chi connectivity index (χ2v) is 7.18. The van der Waals surface area contributed by atoms with Crippen LogP contribution in [0.3, 0.4) is 0 Å². The molecule has 2 aromatic rings. The summed E-state index contributed by atoms with van der Waals surface area (Å²) in [5.74, 6) is -0.00240. The van der Waals surface area contributed by atoms with Crippen molar-refractivity contribution in [2.75, 3.05) is 12.4 Å². The minimum absolute atomic E-state index is 0.0327. The van der Waals surface area contributed by atoms with E-state index >= 15 is 0 Å². The van der Waals surface area contributed by atoms with Gasteiger partial charge >= 0.3 is 0 Å². The number of pyridine rings is 1. The molecular weight excluding hydrogens is 354 g/mol. The summed E-state index contributed by atoms with van der Waals surface area (Å²) >= 11 is 5.98. The van der Waals surface area contributed by atoms with Crippen molar-refractivity contribution in [3.8, 4) is 5.75 Å². The van der Waals surface area contributed by atoms with Crippen LogP contribution in [0.15, 0.2) is 48.7 Å². The second-order valence-electron chi connectivity index (χ2n) is 5.25. The third-order valence-electron chi connectivity index (χ3n) is 3.32. The van der Waals surface area contributed by atoms with Crippen molar-refractivity contribution in [1.29, 1.82) is 0 Å². The lowest BCUT2D eigenvalue weighted by Crippen LogP contribution is -2.45. The highest BCUT2D eigenvalue weighted by molar-refractivity contribution is 7.85. The number of ether oxygens (including phenoxy) is 1. The number of para-hydroxylation sites is 1. The Morgan fingerprint density at radius 2 is 1.92 bits per heavy atom. The summed E-state index contributed by atoms with van der Waals surface area (Å²) in [6.07, 6.45) is 0.979. The molecule has 6 nitrogen and oxygen atoms in total. The van der Waals surface area contributed by atoms with E-state index in [-0.39, 0.29) is 19.6 Å². The quantitative estimate of drug-likeness (QED) is 0.555. The van der Waals surface area contributed by atoms with Crippen LogP contribution in [0.5, 0.6) is 5.75 Å². The average molecular weight is 372 g/mol. The van der Waals surface area contributed by atoms with E-state index in [1.165, 1.54) is 0 Å². The fourth-order valence-electron chi connectivity index (χ4n) is 2.17. The summed E-state index contributed by atoms with van der Waals surface area (Å²) in [6, 6.07) is 12.2. The molecule has 0 saturated heterocycles. The molecule has 1 aromatic carbocycles. The first-order chi connectivity index (χ1) is 11.3. The number of aliphatic hydroxyl groups excluding tert-OH is 1. The van der Waals surface area contributed by atoms with Gasteiger partial charge in [-0.15, -0.1) is 0 Å². The molecule has 130 valence electrons. The van der Waals surface area contributed by atoms with Gasteiger partial charge in [0.2, 0.25) is 0 Å². The van der Waals surface area contributed by atoms with Gasteiger partial charge in [-0.05, 0) is 12.1 Å². The summed E-state index contributed by atoms with van der Waals surface area (Å²) in [6.45, 7) is 0.241. The first-order valence-electron chi connectivity index (χ1n) is 7.31. The van der Waals surface area contributed by atoms with Gasteiger partial charge in [0.1, 0.15) is 18.5 Å². The van der Waals surface area contributed by atoms with Crippen LogP contribution in [0.1, 0.15) is 5.69 Å². The largest absolute Gasteiger partial charge is 0.748 e. The van der Waals surface area contributed by atoms with E-state index in [9.17, 15) is 18.1 Å². The maximum atomic E-state index is 10.8. The van der Waals surface area contributed by atoms with E-state index in [0.29, 0.717) is 16.5 Å². The fourth-order valence-corrected chi connectivity index (χ4v) is 2.82. The number of aromatic nitrogens is 1. The zero-order valence-corrected chi connectivity index (χ0v) is 14.4. The van der Waals surface area contributed by atoms with E-state index in [4.69, 9.17) is 16.3 Å². The first-order valence-corrected chi connectivity index (χ1v) is 9.27. The summed E-state index contributed by atoms with van der Waals surface area (Å²) in [5.41, 5.74) is 0.647. The summed E-state index contributed by atoms with van der Waals surface area (Å²) in [4.78, 5) is 0. The summed E-state index contributed by atoms with van der Waals surface area (Å²) in [5, 5.41) is 10.6. The lowest BCUT2D eigenvalue weighted by Gasteiger charge is -2.12. The van der Waals surface area contributed by atoms with Gasteiger partial charge in [-0.25, -0.2) is 8.42 Å². The van der Waals surface area contributed by atoms with Gasteiger partial charge in [-0.3, -0.25) is 0 Å². The van der Waals surface area contributed by atoms with Crippen molar-refractivity contribution < 1.29 is 27.4 Å². The lowest BCUT2D eigenvalue weighted by molar-refractivity contribution is -0.710. The Labute approximate surface area is 146 Å². The zero-order valence-electron chi connectivity index (χ0n) is 12.8. The Bertz CT molecular complexity index is 782. The molecule has 0 amide bonds. The van der Waals surface area contributed by atoms with Crippen LogP contribution < -0.4 is 9.30 Å². The number of hydrogen-bond donors (Lipinski definition) is 1. The maximum absolute atomic E-state index is 10.8. The number of halogens is 1. The number of aliphatic hydroxyl groups is 1. The second kappa shape index (κ2) is 8.43. The van der Waals surface area contributed by atoms with Crippen LogP contribution in [0.2, 0.25) is 5.02 Å². The number of nitrogens with zero attached hydrogens (tertiary/aromatic N) is 1. The Balaban J connectivity index is 1.96. The Morgan fingerprint density at radius 3 is 2.62 bits per heavy atom. The van der Waals surface area contributed by atoms with Gasteiger partial charge in [0.25, 0.3) is 0 Å². The topological polar surface area (TPSA) is 90.5 Å². The molecule has 0 aliphatic rings. The molecule has 0 saturated carbocycles. The molecule has 1 heterocycles. The van der Waals surface area contributed by atoms with Crippen molar-refractivity contribution in [3.63, 3.8) is 0 Å². The van der Waals surface area contributed by atoms with E-state index in [0.717, 1.165) is 0 Å². The number of hydrogen-bond acceptors (Lipinski definition) is 5. The summed E-state index contributed by atoms with van der Waals surface area (Å²) < 4.78 is 39.5. The molecule has 0 fully saturated rings. The van der Waals surface area contributed by atoms with Crippen LogP contribution in [0.4, 0.5) is 0 Å². The van der Waals surface area contributed by atoms with Crippen molar-refractivity contribution in [1.82, 2.24) is 0 Å². The van der Waals surface area contributed by atoms with E-state index < -0.39 is 22.0 Å². The Morgan fingerprint density at radius 1 is 1.21 bits per heavy atom. The monoisotopic (exact) mass is 371 g/mol. The van der Waals surface area contributed by atoms with Crippen molar-refractivity contribution in [2.24, 2.45) is 0 Å². The zero-order chi connectivity index (χ0) is 17.6. The van der Waals surface area contributed by atoms with E-state index in [1.54, 1.807) is 53.2 Å². The SMILES string of the molecule is O=S(=O)([O-])CCc1cccc[n+]1CC(O)COc1ccccc1Cl. The van der Waals surface area contributed by atoms with Gasteiger partial charge in [-0.2, -0.15) is 4.57 Å². The highest BCUT2D eigenvalue weighted by atomic mass is 35.5. The number of benzene rings is 1. The van der Waals surface area contributed by atoms with Gasteiger partial charge < -0.3 is 14.4 Å². The minimum atomic E-state index is -4.28. The molecule has 0 bridgehead atoms. The van der Waals surface area contributed by atoms with Crippen molar-refractivity contribution in [3.05, 3.63) is 59.4 Å². The normalized spacial score (nSPS) is 12.8. The molecule has 24 heavy (non-hydrogen) atoms. The van der Waals surface area contributed by atoms with Gasteiger partial charge in [0, 0.05) is 24.3 Å². The predicted octanol–water partition coefficient (Wildman–Crippen LogP) is 1.16. The highest BCUT2D eigenvalue weighted by Gasteiger charge is 2.17. The van der Waals surface area contributed by atoms with Crippen LogP contribution in [-0.4, -0.2) is 36.5 Å². The molecular formula is C16H18ClNO5S. The predicted molar refractivity (Wildman–Crippen MR) is 87.9 cm³/mol. The van der Waals surface area contributed by atoms with Gasteiger partial charge in [0.05, 0.1) is 15.1 Å². The lowest BCUT2D eigenvalue weighted by atomic mass is 10.2. The first kappa shape index (κ1) is 18.7. The maximum Gasteiger partial charge on any atom is 0.182 e. The number of aryl methyl sites for hydroxylation is 1. The highest BCUT2D eigenvalue weighted by Crippen LogP contribution is 2.23. The Hall–Kier alpha value is -1.67. The van der Waals surface area contributed by atoms with Gasteiger partial charge in [-0.1, -0.05) is 29.8 Å². The molecule has 8 heteroatoms. The molecule has 1 atom stereocenters. The molecule has 0 aliphatic heterocycles. The van der Waals surface area contributed by atoms with Crippen molar-refractivity contribution in [2.45, 2.75) is 19.1 Å². The Kier molecular flexibility index (Phi) is 6.56. The van der Waals surface area contributed by atoms with E-state index in [2.05, 4.69) is 0 Å². The van der Waals surface area contributed by atoms with E-state index in [1.807, 2.05) is 0 Å². The van der Waals surface area contributed by atoms with Crippen molar-refractivity contribution >= 4 is 21.7 Å². The molecule has 0 spiro atoms. The van der Waals surface area contributed by atoms with Gasteiger partial charge in [0.15, 0.2) is 18.4 Å². The molecule has 1 N–H and O–H groups in total.